The molecule has 0 spiro atoms. The summed E-state index contributed by atoms with van der Waals surface area (Å²) in [5, 5.41) is 17.0. The normalized spacial score (nSPS) is 16.3. The molecule has 0 radical (unpaired) electrons. The van der Waals surface area contributed by atoms with Crippen LogP contribution in [0.5, 0.6) is 0 Å². The van der Waals surface area contributed by atoms with Crippen molar-refractivity contribution in [3.8, 4) is 0 Å². The molecule has 3 aromatic rings. The van der Waals surface area contributed by atoms with Crippen LogP contribution in [0.15, 0.2) is 54.6 Å². The van der Waals surface area contributed by atoms with Crippen LogP contribution in [0.3, 0.4) is 0 Å². The Balaban J connectivity index is 1.72. The first-order valence-electron chi connectivity index (χ1n) is 9.16. The highest BCUT2D eigenvalue weighted by Crippen LogP contribution is 2.32. The van der Waals surface area contributed by atoms with Gasteiger partial charge in [-0.3, -0.25) is 0 Å². The molecule has 1 heterocycles. The standard InChI is InChI=1S/C20H22ClN5/c21-16-9-7-8-15(14-16)19(22-17-10-3-1-4-11-17)20-23-24-25-26(20)18-12-5-2-6-13-18/h1,3-4,7-11,14,18-19,22H,2,5-6,12-13H2. The average molecular weight is 368 g/mol. The Morgan fingerprint density at radius 2 is 1.81 bits per heavy atom. The minimum absolute atomic E-state index is 0.159. The van der Waals surface area contributed by atoms with Gasteiger partial charge in [-0.05, 0) is 53.1 Å². The smallest absolute Gasteiger partial charge is 0.178 e. The molecular weight excluding hydrogens is 346 g/mol. The number of tetrazole rings is 1. The van der Waals surface area contributed by atoms with Crippen LogP contribution in [-0.2, 0) is 0 Å². The highest BCUT2D eigenvalue weighted by molar-refractivity contribution is 6.30. The number of para-hydroxylation sites is 1. The third kappa shape index (κ3) is 3.73. The van der Waals surface area contributed by atoms with E-state index in [0.29, 0.717) is 11.1 Å². The van der Waals surface area contributed by atoms with E-state index >= 15 is 0 Å². The summed E-state index contributed by atoms with van der Waals surface area (Å²) >= 11 is 6.26. The van der Waals surface area contributed by atoms with Crippen LogP contribution in [0.25, 0.3) is 0 Å². The van der Waals surface area contributed by atoms with E-state index < -0.39 is 0 Å². The molecule has 1 fully saturated rings. The summed E-state index contributed by atoms with van der Waals surface area (Å²) in [6.45, 7) is 0. The Labute approximate surface area is 158 Å². The van der Waals surface area contributed by atoms with Gasteiger partial charge in [-0.15, -0.1) is 5.10 Å². The van der Waals surface area contributed by atoms with Crippen molar-refractivity contribution in [3.63, 3.8) is 0 Å². The molecule has 26 heavy (non-hydrogen) atoms. The van der Waals surface area contributed by atoms with Crippen LogP contribution in [0, 0.1) is 0 Å². The predicted molar refractivity (Wildman–Crippen MR) is 103 cm³/mol. The predicted octanol–water partition coefficient (Wildman–Crippen LogP) is 5.03. The van der Waals surface area contributed by atoms with Gasteiger partial charge in [0.25, 0.3) is 0 Å². The Kier molecular flexibility index (Phi) is 5.16. The van der Waals surface area contributed by atoms with E-state index in [0.717, 1.165) is 29.9 Å². The number of hydrogen-bond acceptors (Lipinski definition) is 4. The van der Waals surface area contributed by atoms with Crippen LogP contribution in [0.2, 0.25) is 5.02 Å². The van der Waals surface area contributed by atoms with E-state index in [1.165, 1.54) is 19.3 Å². The van der Waals surface area contributed by atoms with E-state index in [1.807, 2.05) is 53.2 Å². The fourth-order valence-corrected chi connectivity index (χ4v) is 3.86. The molecule has 1 atom stereocenters. The first kappa shape index (κ1) is 17.0. The van der Waals surface area contributed by atoms with Gasteiger partial charge < -0.3 is 5.32 Å². The van der Waals surface area contributed by atoms with Crippen LogP contribution in [0.1, 0.15) is 55.6 Å². The van der Waals surface area contributed by atoms with Gasteiger partial charge in [0.2, 0.25) is 0 Å². The van der Waals surface area contributed by atoms with Gasteiger partial charge in [0.1, 0.15) is 6.04 Å². The van der Waals surface area contributed by atoms with Gasteiger partial charge >= 0.3 is 0 Å². The molecule has 1 aliphatic carbocycles. The van der Waals surface area contributed by atoms with Crippen LogP contribution in [-0.4, -0.2) is 20.2 Å². The molecule has 1 unspecified atom stereocenters. The van der Waals surface area contributed by atoms with E-state index in [9.17, 15) is 0 Å². The number of benzene rings is 2. The molecule has 1 saturated carbocycles. The van der Waals surface area contributed by atoms with Crippen molar-refractivity contribution >= 4 is 17.3 Å². The fraction of sp³-hybridized carbons (Fsp3) is 0.350. The number of nitrogens with zero attached hydrogens (tertiary/aromatic N) is 4. The second kappa shape index (κ2) is 7.87. The molecule has 2 aromatic carbocycles. The molecule has 0 amide bonds. The SMILES string of the molecule is Clc1cccc(C(Nc2ccccc2)c2nnnn2C2CCCCC2)c1. The van der Waals surface area contributed by atoms with Crippen molar-refractivity contribution in [3.05, 3.63) is 71.0 Å². The zero-order chi connectivity index (χ0) is 17.8. The monoisotopic (exact) mass is 367 g/mol. The summed E-state index contributed by atoms with van der Waals surface area (Å²) < 4.78 is 2.01. The van der Waals surface area contributed by atoms with Crippen molar-refractivity contribution in [2.24, 2.45) is 0 Å². The van der Waals surface area contributed by atoms with Crippen molar-refractivity contribution < 1.29 is 0 Å². The number of aromatic nitrogens is 4. The van der Waals surface area contributed by atoms with Gasteiger partial charge in [-0.2, -0.15) is 0 Å². The third-order valence-electron chi connectivity index (χ3n) is 4.96. The lowest BCUT2D eigenvalue weighted by Crippen LogP contribution is -2.23. The second-order valence-electron chi connectivity index (χ2n) is 6.77. The van der Waals surface area contributed by atoms with Gasteiger partial charge in [-0.25, -0.2) is 4.68 Å². The number of rotatable bonds is 5. The summed E-state index contributed by atoms with van der Waals surface area (Å²) in [5.41, 5.74) is 2.07. The lowest BCUT2D eigenvalue weighted by atomic mass is 9.95. The lowest BCUT2D eigenvalue weighted by Gasteiger charge is -2.26. The number of anilines is 1. The van der Waals surface area contributed by atoms with Crippen molar-refractivity contribution in [1.29, 1.82) is 0 Å². The zero-order valence-electron chi connectivity index (χ0n) is 14.6. The highest BCUT2D eigenvalue weighted by Gasteiger charge is 2.26. The second-order valence-corrected chi connectivity index (χ2v) is 7.21. The summed E-state index contributed by atoms with van der Waals surface area (Å²) in [4.78, 5) is 0. The lowest BCUT2D eigenvalue weighted by molar-refractivity contribution is 0.315. The minimum Gasteiger partial charge on any atom is -0.371 e. The molecular formula is C20H22ClN5. The largest absolute Gasteiger partial charge is 0.371 e. The molecule has 0 bridgehead atoms. The summed E-state index contributed by atoms with van der Waals surface area (Å²) in [6, 6.07) is 18.2. The molecule has 4 rings (SSSR count). The quantitative estimate of drug-likeness (QED) is 0.686. The molecule has 6 heteroatoms. The highest BCUT2D eigenvalue weighted by atomic mass is 35.5. The van der Waals surface area contributed by atoms with Crippen molar-refractivity contribution in [1.82, 2.24) is 20.2 Å². The van der Waals surface area contributed by atoms with Crippen LogP contribution < -0.4 is 5.32 Å². The van der Waals surface area contributed by atoms with Gasteiger partial charge in [0.05, 0.1) is 6.04 Å². The Morgan fingerprint density at radius 1 is 1.00 bits per heavy atom. The third-order valence-corrected chi connectivity index (χ3v) is 5.20. The Hall–Kier alpha value is -2.40. The molecule has 1 aliphatic rings. The average Bonchev–Trinajstić information content (AvgIpc) is 3.17. The zero-order valence-corrected chi connectivity index (χ0v) is 15.3. The molecule has 134 valence electrons. The first-order valence-corrected chi connectivity index (χ1v) is 9.54. The number of nitrogens with one attached hydrogen (secondary N) is 1. The molecule has 1 N–H and O–H groups in total. The summed E-state index contributed by atoms with van der Waals surface area (Å²) in [7, 11) is 0. The van der Waals surface area contributed by atoms with Gasteiger partial charge in [0, 0.05) is 10.7 Å². The Morgan fingerprint density at radius 3 is 2.58 bits per heavy atom. The summed E-state index contributed by atoms with van der Waals surface area (Å²) in [5.74, 6) is 0.836. The maximum atomic E-state index is 6.26. The van der Waals surface area contributed by atoms with Crippen molar-refractivity contribution in [2.45, 2.75) is 44.2 Å². The van der Waals surface area contributed by atoms with Gasteiger partial charge in [-0.1, -0.05) is 61.2 Å². The minimum atomic E-state index is -0.159. The summed E-state index contributed by atoms with van der Waals surface area (Å²) in [6.07, 6.45) is 6.03. The molecule has 5 nitrogen and oxygen atoms in total. The maximum Gasteiger partial charge on any atom is 0.178 e. The first-order chi connectivity index (χ1) is 12.8. The Bertz CT molecular complexity index is 842. The van der Waals surface area contributed by atoms with E-state index in [4.69, 9.17) is 11.6 Å². The van der Waals surface area contributed by atoms with Crippen LogP contribution in [0.4, 0.5) is 5.69 Å². The van der Waals surface area contributed by atoms with E-state index in [-0.39, 0.29) is 6.04 Å². The van der Waals surface area contributed by atoms with Crippen molar-refractivity contribution in [2.75, 3.05) is 5.32 Å². The molecule has 1 aromatic heterocycles. The van der Waals surface area contributed by atoms with Crippen LogP contribution >= 0.6 is 11.6 Å². The molecule has 0 aliphatic heterocycles. The maximum absolute atomic E-state index is 6.26. The number of halogens is 1. The van der Waals surface area contributed by atoms with Gasteiger partial charge in [0.15, 0.2) is 5.82 Å². The van der Waals surface area contributed by atoms with E-state index in [1.54, 1.807) is 0 Å². The topological polar surface area (TPSA) is 55.6 Å². The fourth-order valence-electron chi connectivity index (χ4n) is 3.66. The van der Waals surface area contributed by atoms with E-state index in [2.05, 4.69) is 26.9 Å². The molecule has 0 saturated heterocycles. The number of hydrogen-bond donors (Lipinski definition) is 1.